The molecule has 16 heavy (non-hydrogen) atoms. The first-order chi connectivity index (χ1) is 7.69. The van der Waals surface area contributed by atoms with Crippen molar-refractivity contribution in [2.24, 2.45) is 5.73 Å². The highest BCUT2D eigenvalue weighted by Crippen LogP contribution is 2.27. The van der Waals surface area contributed by atoms with Gasteiger partial charge in [0, 0.05) is 5.56 Å². The minimum absolute atomic E-state index is 0.0952. The first-order valence-corrected chi connectivity index (χ1v) is 5.34. The van der Waals surface area contributed by atoms with Crippen molar-refractivity contribution < 1.29 is 13.5 Å². The fraction of sp³-hybridized carbons (Fsp3) is 0.500. The van der Waals surface area contributed by atoms with Gasteiger partial charge in [0.2, 0.25) is 0 Å². The van der Waals surface area contributed by atoms with Gasteiger partial charge in [0.15, 0.2) is 0 Å². The Kier molecular flexibility index (Phi) is 5.19. The molecule has 0 atom stereocenters. The van der Waals surface area contributed by atoms with Crippen molar-refractivity contribution in [3.63, 3.8) is 0 Å². The Morgan fingerprint density at radius 2 is 2.06 bits per heavy atom. The maximum atomic E-state index is 12.7. The summed E-state index contributed by atoms with van der Waals surface area (Å²) in [6.45, 7) is 0.591. The van der Waals surface area contributed by atoms with E-state index in [1.54, 1.807) is 12.1 Å². The molecular weight excluding hydrogens is 212 g/mol. The molecule has 1 aromatic rings. The van der Waals surface area contributed by atoms with E-state index in [2.05, 4.69) is 0 Å². The third kappa shape index (κ3) is 3.45. The Bertz CT molecular complexity index is 329. The SMILES string of the molecule is COc1ccc(C(F)F)c(CCCCN)c1. The topological polar surface area (TPSA) is 35.2 Å². The van der Waals surface area contributed by atoms with Crippen LogP contribution in [0.2, 0.25) is 0 Å². The highest BCUT2D eigenvalue weighted by Gasteiger charge is 2.13. The van der Waals surface area contributed by atoms with Gasteiger partial charge in [0.25, 0.3) is 6.43 Å². The molecule has 90 valence electrons. The number of ether oxygens (including phenoxy) is 1. The second kappa shape index (κ2) is 6.43. The van der Waals surface area contributed by atoms with E-state index in [9.17, 15) is 8.78 Å². The van der Waals surface area contributed by atoms with E-state index < -0.39 is 6.43 Å². The lowest BCUT2D eigenvalue weighted by Crippen LogP contribution is -2.01. The predicted octanol–water partition coefficient (Wildman–Crippen LogP) is 2.91. The molecule has 0 aliphatic rings. The van der Waals surface area contributed by atoms with Gasteiger partial charge in [-0.3, -0.25) is 0 Å². The fourth-order valence-electron chi connectivity index (χ4n) is 1.60. The van der Waals surface area contributed by atoms with E-state index in [1.807, 2.05) is 0 Å². The normalized spacial score (nSPS) is 10.8. The molecule has 0 spiro atoms. The Morgan fingerprint density at radius 3 is 2.62 bits per heavy atom. The van der Waals surface area contributed by atoms with Crippen LogP contribution in [0, 0.1) is 0 Å². The third-order valence-corrected chi connectivity index (χ3v) is 2.49. The van der Waals surface area contributed by atoms with E-state index in [0.29, 0.717) is 24.3 Å². The van der Waals surface area contributed by atoms with E-state index in [4.69, 9.17) is 10.5 Å². The van der Waals surface area contributed by atoms with E-state index in [-0.39, 0.29) is 5.56 Å². The Morgan fingerprint density at radius 1 is 1.31 bits per heavy atom. The van der Waals surface area contributed by atoms with Crippen LogP contribution < -0.4 is 10.5 Å². The van der Waals surface area contributed by atoms with Crippen molar-refractivity contribution in [1.29, 1.82) is 0 Å². The van der Waals surface area contributed by atoms with E-state index >= 15 is 0 Å². The van der Waals surface area contributed by atoms with Gasteiger partial charge in [-0.15, -0.1) is 0 Å². The summed E-state index contributed by atoms with van der Waals surface area (Å²) in [7, 11) is 1.53. The van der Waals surface area contributed by atoms with Crippen LogP contribution in [0.15, 0.2) is 18.2 Å². The molecule has 4 heteroatoms. The van der Waals surface area contributed by atoms with Gasteiger partial charge in [0.1, 0.15) is 5.75 Å². The summed E-state index contributed by atoms with van der Waals surface area (Å²) in [6, 6.07) is 4.67. The minimum Gasteiger partial charge on any atom is -0.497 e. The zero-order valence-corrected chi connectivity index (χ0v) is 9.38. The molecule has 0 amide bonds. The zero-order valence-electron chi connectivity index (χ0n) is 9.38. The molecule has 0 fully saturated rings. The average molecular weight is 229 g/mol. The molecule has 0 saturated heterocycles. The van der Waals surface area contributed by atoms with Crippen LogP contribution >= 0.6 is 0 Å². The van der Waals surface area contributed by atoms with Gasteiger partial charge >= 0.3 is 0 Å². The number of nitrogens with two attached hydrogens (primary N) is 1. The highest BCUT2D eigenvalue weighted by molar-refractivity contribution is 5.36. The summed E-state index contributed by atoms with van der Waals surface area (Å²) >= 11 is 0. The average Bonchev–Trinajstić information content (AvgIpc) is 2.29. The smallest absolute Gasteiger partial charge is 0.264 e. The Labute approximate surface area is 94.4 Å². The van der Waals surface area contributed by atoms with Gasteiger partial charge in [-0.2, -0.15) is 0 Å². The van der Waals surface area contributed by atoms with Crippen LogP contribution in [0.3, 0.4) is 0 Å². The molecule has 2 N–H and O–H groups in total. The second-order valence-electron chi connectivity index (χ2n) is 3.61. The molecule has 0 aromatic heterocycles. The summed E-state index contributed by atoms with van der Waals surface area (Å²) in [5.74, 6) is 0.618. The lowest BCUT2D eigenvalue weighted by molar-refractivity contribution is 0.150. The Hall–Kier alpha value is -1.16. The summed E-state index contributed by atoms with van der Waals surface area (Å²) in [5.41, 5.74) is 6.12. The second-order valence-corrected chi connectivity index (χ2v) is 3.61. The monoisotopic (exact) mass is 229 g/mol. The molecule has 2 nitrogen and oxygen atoms in total. The molecule has 0 unspecified atom stereocenters. The standard InChI is InChI=1S/C12H17F2NO/c1-16-10-5-6-11(12(13)14)9(8-10)4-2-3-7-15/h5-6,8,12H,2-4,7,15H2,1H3. The molecule has 0 aliphatic heterocycles. The number of alkyl halides is 2. The third-order valence-electron chi connectivity index (χ3n) is 2.49. The number of halogens is 2. The number of aryl methyl sites for hydroxylation is 1. The van der Waals surface area contributed by atoms with Crippen LogP contribution in [-0.4, -0.2) is 13.7 Å². The molecule has 0 bridgehead atoms. The molecule has 0 radical (unpaired) electrons. The van der Waals surface area contributed by atoms with Crippen molar-refractivity contribution in [2.75, 3.05) is 13.7 Å². The molecular formula is C12H17F2NO. The van der Waals surface area contributed by atoms with Crippen molar-refractivity contribution >= 4 is 0 Å². The van der Waals surface area contributed by atoms with E-state index in [1.165, 1.54) is 13.2 Å². The largest absolute Gasteiger partial charge is 0.497 e. The van der Waals surface area contributed by atoms with Crippen LogP contribution in [0.5, 0.6) is 5.75 Å². The van der Waals surface area contributed by atoms with Gasteiger partial charge < -0.3 is 10.5 Å². The first kappa shape index (κ1) is 12.9. The van der Waals surface area contributed by atoms with E-state index in [0.717, 1.165) is 12.8 Å². The molecule has 0 heterocycles. The number of hydrogen-bond acceptors (Lipinski definition) is 2. The van der Waals surface area contributed by atoms with Gasteiger partial charge in [-0.1, -0.05) is 0 Å². The number of hydrogen-bond donors (Lipinski definition) is 1. The van der Waals surface area contributed by atoms with Crippen molar-refractivity contribution in [1.82, 2.24) is 0 Å². The van der Waals surface area contributed by atoms with Gasteiger partial charge in [-0.05, 0) is 49.6 Å². The van der Waals surface area contributed by atoms with Gasteiger partial charge in [-0.25, -0.2) is 8.78 Å². The van der Waals surface area contributed by atoms with Gasteiger partial charge in [0.05, 0.1) is 7.11 Å². The summed E-state index contributed by atoms with van der Waals surface area (Å²) in [5, 5.41) is 0. The lowest BCUT2D eigenvalue weighted by Gasteiger charge is -2.10. The van der Waals surface area contributed by atoms with Crippen LogP contribution in [0.25, 0.3) is 0 Å². The van der Waals surface area contributed by atoms with Crippen LogP contribution in [0.1, 0.15) is 30.4 Å². The summed E-state index contributed by atoms with van der Waals surface area (Å²) in [4.78, 5) is 0. The summed E-state index contributed by atoms with van der Waals surface area (Å²) in [6.07, 6.45) is -0.143. The minimum atomic E-state index is -2.43. The number of unbranched alkanes of at least 4 members (excludes halogenated alkanes) is 1. The van der Waals surface area contributed by atoms with Crippen LogP contribution in [-0.2, 0) is 6.42 Å². The van der Waals surface area contributed by atoms with Crippen LogP contribution in [0.4, 0.5) is 8.78 Å². The number of benzene rings is 1. The maximum Gasteiger partial charge on any atom is 0.264 e. The fourth-order valence-corrected chi connectivity index (χ4v) is 1.60. The first-order valence-electron chi connectivity index (χ1n) is 5.34. The predicted molar refractivity (Wildman–Crippen MR) is 59.9 cm³/mol. The summed E-state index contributed by atoms with van der Waals surface area (Å²) < 4.78 is 30.4. The molecule has 1 rings (SSSR count). The van der Waals surface area contributed by atoms with Crippen molar-refractivity contribution in [3.05, 3.63) is 29.3 Å². The van der Waals surface area contributed by atoms with Crippen molar-refractivity contribution in [3.8, 4) is 5.75 Å². The Balaban J connectivity index is 2.83. The molecule has 1 aromatic carbocycles. The molecule has 0 saturated carbocycles. The van der Waals surface area contributed by atoms with Crippen molar-refractivity contribution in [2.45, 2.75) is 25.7 Å². The molecule has 0 aliphatic carbocycles. The lowest BCUT2D eigenvalue weighted by atomic mass is 10.0. The zero-order chi connectivity index (χ0) is 12.0. The number of rotatable bonds is 6. The number of methoxy groups -OCH3 is 1. The maximum absolute atomic E-state index is 12.7. The highest BCUT2D eigenvalue weighted by atomic mass is 19.3. The quantitative estimate of drug-likeness (QED) is 0.761.